The van der Waals surface area contributed by atoms with Crippen LogP contribution in [-0.2, 0) is 13.1 Å². The lowest BCUT2D eigenvalue weighted by molar-refractivity contribution is 0.0948. The van der Waals surface area contributed by atoms with Crippen molar-refractivity contribution in [2.75, 3.05) is 13.2 Å². The zero-order valence-electron chi connectivity index (χ0n) is 17.5. The third kappa shape index (κ3) is 4.65. The molecule has 1 N–H and O–H groups in total. The fourth-order valence-corrected chi connectivity index (χ4v) is 3.49. The summed E-state index contributed by atoms with van der Waals surface area (Å²) in [4.78, 5) is 29.8. The molecule has 32 heavy (non-hydrogen) atoms. The van der Waals surface area contributed by atoms with Crippen LogP contribution >= 0.6 is 11.6 Å². The molecule has 0 bridgehead atoms. The van der Waals surface area contributed by atoms with Crippen LogP contribution in [0.3, 0.4) is 0 Å². The molecule has 0 fully saturated rings. The Balaban J connectivity index is 1.44. The second-order valence-electron chi connectivity index (χ2n) is 7.09. The highest BCUT2D eigenvalue weighted by atomic mass is 35.5. The number of amides is 1. The van der Waals surface area contributed by atoms with Crippen molar-refractivity contribution in [3.8, 4) is 5.75 Å². The number of aromatic nitrogens is 4. The summed E-state index contributed by atoms with van der Waals surface area (Å²) in [7, 11) is 0. The molecule has 0 saturated heterocycles. The van der Waals surface area contributed by atoms with E-state index in [9.17, 15) is 9.59 Å². The molecule has 0 radical (unpaired) electrons. The Kier molecular flexibility index (Phi) is 6.51. The van der Waals surface area contributed by atoms with Gasteiger partial charge in [0.15, 0.2) is 5.65 Å². The van der Waals surface area contributed by atoms with Crippen LogP contribution in [0.1, 0.15) is 22.8 Å². The topological polar surface area (TPSA) is 91.0 Å². The Labute approximate surface area is 189 Å². The number of hydrogen-bond donors (Lipinski definition) is 1. The summed E-state index contributed by atoms with van der Waals surface area (Å²) >= 11 is 5.92. The van der Waals surface area contributed by atoms with Crippen LogP contribution in [-0.4, -0.2) is 38.4 Å². The lowest BCUT2D eigenvalue weighted by atomic mass is 10.2. The van der Waals surface area contributed by atoms with E-state index in [0.29, 0.717) is 53.6 Å². The number of nitrogens with zero attached hydrogens (tertiary/aromatic N) is 4. The van der Waals surface area contributed by atoms with Crippen molar-refractivity contribution < 1.29 is 9.53 Å². The van der Waals surface area contributed by atoms with Gasteiger partial charge in [-0.1, -0.05) is 35.9 Å². The van der Waals surface area contributed by atoms with Gasteiger partial charge in [0.2, 0.25) is 0 Å². The Morgan fingerprint density at radius 1 is 1.16 bits per heavy atom. The van der Waals surface area contributed by atoms with E-state index in [1.165, 1.54) is 17.1 Å². The third-order valence-corrected chi connectivity index (χ3v) is 5.18. The minimum absolute atomic E-state index is 0.175. The summed E-state index contributed by atoms with van der Waals surface area (Å²) in [5.74, 6) is 0.309. The molecule has 0 spiro atoms. The molecule has 4 aromatic rings. The first-order valence-corrected chi connectivity index (χ1v) is 10.6. The molecule has 0 aliphatic rings. The summed E-state index contributed by atoms with van der Waals surface area (Å²) < 4.78 is 8.65. The van der Waals surface area contributed by atoms with Gasteiger partial charge in [-0.3, -0.25) is 14.2 Å². The van der Waals surface area contributed by atoms with Gasteiger partial charge in [-0.05, 0) is 36.8 Å². The van der Waals surface area contributed by atoms with Gasteiger partial charge >= 0.3 is 0 Å². The minimum atomic E-state index is -0.233. The molecular formula is C23H22ClN5O3. The van der Waals surface area contributed by atoms with Crippen molar-refractivity contribution in [1.82, 2.24) is 24.6 Å². The van der Waals surface area contributed by atoms with Crippen molar-refractivity contribution in [2.24, 2.45) is 0 Å². The highest BCUT2D eigenvalue weighted by molar-refractivity contribution is 6.30. The SMILES string of the molecule is CCOc1ccccc1C(=O)NCCn1ncc2c(=O)n(Cc3ccc(Cl)cc3)cnc21. The summed E-state index contributed by atoms with van der Waals surface area (Å²) in [5.41, 5.74) is 1.72. The number of halogens is 1. The number of hydrogen-bond acceptors (Lipinski definition) is 5. The van der Waals surface area contributed by atoms with Gasteiger partial charge in [0.1, 0.15) is 17.5 Å². The van der Waals surface area contributed by atoms with Gasteiger partial charge in [-0.15, -0.1) is 0 Å². The summed E-state index contributed by atoms with van der Waals surface area (Å²) in [6.45, 7) is 3.43. The first-order valence-electron chi connectivity index (χ1n) is 10.2. The Morgan fingerprint density at radius 3 is 2.72 bits per heavy atom. The van der Waals surface area contributed by atoms with E-state index in [0.717, 1.165) is 5.56 Å². The first-order chi connectivity index (χ1) is 15.6. The molecule has 4 rings (SSSR count). The van der Waals surface area contributed by atoms with Crippen LogP contribution in [0.25, 0.3) is 11.0 Å². The predicted molar refractivity (Wildman–Crippen MR) is 122 cm³/mol. The molecular weight excluding hydrogens is 430 g/mol. The van der Waals surface area contributed by atoms with E-state index in [-0.39, 0.29) is 11.5 Å². The zero-order chi connectivity index (χ0) is 22.5. The Hall–Kier alpha value is -3.65. The molecule has 2 aromatic heterocycles. The lowest BCUT2D eigenvalue weighted by Crippen LogP contribution is -2.28. The number of fused-ring (bicyclic) bond motifs is 1. The molecule has 2 aromatic carbocycles. The normalized spacial score (nSPS) is 10.9. The summed E-state index contributed by atoms with van der Waals surface area (Å²) in [5, 5.41) is 8.21. The van der Waals surface area contributed by atoms with Crippen molar-refractivity contribution in [2.45, 2.75) is 20.0 Å². The standard InChI is InChI=1S/C23H22ClN5O3/c1-2-32-20-6-4-3-5-18(20)22(30)25-11-12-29-21-19(13-27-29)23(31)28(15-26-21)14-16-7-9-17(24)10-8-16/h3-10,13,15H,2,11-12,14H2,1H3,(H,25,30). The van der Waals surface area contributed by atoms with Crippen LogP contribution in [0.5, 0.6) is 5.75 Å². The number of carbonyl (C=O) groups is 1. The molecule has 2 heterocycles. The van der Waals surface area contributed by atoms with E-state index in [4.69, 9.17) is 16.3 Å². The predicted octanol–water partition coefficient (Wildman–Crippen LogP) is 3.12. The Bertz CT molecular complexity index is 1300. The zero-order valence-corrected chi connectivity index (χ0v) is 18.2. The maximum Gasteiger partial charge on any atom is 0.264 e. The van der Waals surface area contributed by atoms with E-state index >= 15 is 0 Å². The van der Waals surface area contributed by atoms with Crippen LogP contribution in [0.2, 0.25) is 5.02 Å². The van der Waals surface area contributed by atoms with E-state index in [1.54, 1.807) is 35.0 Å². The van der Waals surface area contributed by atoms with Crippen LogP contribution in [0.4, 0.5) is 0 Å². The number of rotatable bonds is 8. The number of benzene rings is 2. The first kappa shape index (κ1) is 21.6. The van der Waals surface area contributed by atoms with Gasteiger partial charge in [0.05, 0.1) is 31.5 Å². The molecule has 0 saturated carbocycles. The average molecular weight is 452 g/mol. The summed E-state index contributed by atoms with van der Waals surface area (Å²) in [6.07, 6.45) is 3.02. The van der Waals surface area contributed by atoms with Gasteiger partial charge in [-0.2, -0.15) is 5.10 Å². The molecule has 164 valence electrons. The maximum atomic E-state index is 12.8. The highest BCUT2D eigenvalue weighted by Crippen LogP contribution is 2.17. The minimum Gasteiger partial charge on any atom is -0.493 e. The van der Waals surface area contributed by atoms with E-state index in [2.05, 4.69) is 15.4 Å². The summed E-state index contributed by atoms with van der Waals surface area (Å²) in [6, 6.07) is 14.4. The average Bonchev–Trinajstić information content (AvgIpc) is 3.21. The van der Waals surface area contributed by atoms with Crippen molar-refractivity contribution in [1.29, 1.82) is 0 Å². The molecule has 1 amide bonds. The van der Waals surface area contributed by atoms with E-state index < -0.39 is 0 Å². The molecule has 8 nitrogen and oxygen atoms in total. The molecule has 0 aliphatic heterocycles. The molecule has 0 atom stereocenters. The second-order valence-corrected chi connectivity index (χ2v) is 7.53. The maximum absolute atomic E-state index is 12.8. The van der Waals surface area contributed by atoms with Crippen LogP contribution in [0.15, 0.2) is 65.8 Å². The number of carbonyl (C=O) groups excluding carboxylic acids is 1. The smallest absolute Gasteiger partial charge is 0.264 e. The second kappa shape index (κ2) is 9.65. The number of nitrogens with one attached hydrogen (secondary N) is 1. The van der Waals surface area contributed by atoms with Gasteiger partial charge in [0.25, 0.3) is 11.5 Å². The highest BCUT2D eigenvalue weighted by Gasteiger charge is 2.13. The van der Waals surface area contributed by atoms with E-state index in [1.807, 2.05) is 25.1 Å². The largest absolute Gasteiger partial charge is 0.493 e. The molecule has 0 aliphatic carbocycles. The van der Waals surface area contributed by atoms with Gasteiger partial charge in [0, 0.05) is 11.6 Å². The van der Waals surface area contributed by atoms with Crippen molar-refractivity contribution in [3.05, 3.63) is 87.6 Å². The van der Waals surface area contributed by atoms with Crippen molar-refractivity contribution >= 4 is 28.5 Å². The third-order valence-electron chi connectivity index (χ3n) is 4.93. The Morgan fingerprint density at radius 2 is 1.94 bits per heavy atom. The van der Waals surface area contributed by atoms with Crippen LogP contribution in [0, 0.1) is 0 Å². The lowest BCUT2D eigenvalue weighted by Gasteiger charge is -2.10. The monoisotopic (exact) mass is 451 g/mol. The fraction of sp³-hybridized carbons (Fsp3) is 0.217. The van der Waals surface area contributed by atoms with Crippen LogP contribution < -0.4 is 15.6 Å². The van der Waals surface area contributed by atoms with Gasteiger partial charge < -0.3 is 10.1 Å². The number of para-hydroxylation sites is 1. The van der Waals surface area contributed by atoms with Gasteiger partial charge in [-0.25, -0.2) is 9.67 Å². The fourth-order valence-electron chi connectivity index (χ4n) is 3.37. The number of ether oxygens (including phenoxy) is 1. The quantitative estimate of drug-likeness (QED) is 0.444. The molecule has 9 heteroatoms. The molecule has 0 unspecified atom stereocenters. The van der Waals surface area contributed by atoms with Crippen molar-refractivity contribution in [3.63, 3.8) is 0 Å².